The fourth-order valence-electron chi connectivity index (χ4n) is 3.84. The molecular weight excluding hydrogens is 340 g/mol. The highest BCUT2D eigenvalue weighted by Gasteiger charge is 2.36. The Labute approximate surface area is 165 Å². The molecule has 134 valence electrons. The van der Waals surface area contributed by atoms with Gasteiger partial charge in [-0.3, -0.25) is 0 Å². The highest BCUT2D eigenvalue weighted by Crippen LogP contribution is 2.42. The lowest BCUT2D eigenvalue weighted by molar-refractivity contribution is 0.161. The van der Waals surface area contributed by atoms with Gasteiger partial charge in [0.25, 0.3) is 0 Å². The minimum Gasteiger partial charge on any atom is -0.473 e. The first-order valence-electron chi connectivity index (χ1n) is 9.54. The molecule has 0 saturated carbocycles. The van der Waals surface area contributed by atoms with Gasteiger partial charge in [0, 0.05) is 16.7 Å². The molecule has 5 rings (SSSR count). The topological polar surface area (TPSA) is 9.23 Å². The van der Waals surface area contributed by atoms with Crippen molar-refractivity contribution in [2.45, 2.75) is 5.60 Å². The maximum atomic E-state index is 6.70. The quantitative estimate of drug-likeness (QED) is 0.395. The molecule has 0 saturated heterocycles. The van der Waals surface area contributed by atoms with Crippen LogP contribution in [0.5, 0.6) is 5.75 Å². The summed E-state index contributed by atoms with van der Waals surface area (Å²) in [5.74, 6) is 0.898. The van der Waals surface area contributed by atoms with Gasteiger partial charge in [-0.05, 0) is 29.3 Å². The van der Waals surface area contributed by atoms with E-state index < -0.39 is 5.60 Å². The van der Waals surface area contributed by atoms with Gasteiger partial charge in [-0.15, -0.1) is 0 Å². The Kier molecular flexibility index (Phi) is 4.06. The Hall–Kier alpha value is -3.58. The fraction of sp³-hybridized carbons (Fsp3) is 0.0370. The summed E-state index contributed by atoms with van der Waals surface area (Å²) in [4.78, 5) is 0. The van der Waals surface area contributed by atoms with Crippen molar-refractivity contribution in [1.82, 2.24) is 0 Å². The SMILES string of the molecule is C1=CC(c2ccccc2)(c2ccccc2)Oc2ccc(-c3ccccc3)cc21. The normalized spacial score (nSPS) is 14.1. The molecule has 0 atom stereocenters. The molecule has 1 aliphatic rings. The molecule has 0 aliphatic carbocycles. The van der Waals surface area contributed by atoms with Gasteiger partial charge >= 0.3 is 0 Å². The van der Waals surface area contributed by atoms with Crippen LogP contribution in [0.4, 0.5) is 0 Å². The van der Waals surface area contributed by atoms with Gasteiger partial charge < -0.3 is 4.74 Å². The standard InChI is InChI=1S/C27H20O/c1-4-10-21(11-5-1)22-16-17-26-23(20-22)18-19-27(28-26,24-12-6-2-7-13-24)25-14-8-3-9-15-25/h1-20H. The first kappa shape index (κ1) is 16.6. The summed E-state index contributed by atoms with van der Waals surface area (Å²) >= 11 is 0. The molecule has 1 nitrogen and oxygen atoms in total. The zero-order valence-electron chi connectivity index (χ0n) is 15.5. The highest BCUT2D eigenvalue weighted by atomic mass is 16.5. The third-order valence-corrected chi connectivity index (χ3v) is 5.29. The lowest BCUT2D eigenvalue weighted by atomic mass is 9.83. The Morgan fingerprint density at radius 3 is 1.71 bits per heavy atom. The van der Waals surface area contributed by atoms with Gasteiger partial charge in [0.2, 0.25) is 0 Å². The summed E-state index contributed by atoms with van der Waals surface area (Å²) in [7, 11) is 0. The molecule has 0 spiro atoms. The van der Waals surface area contributed by atoms with E-state index in [1.165, 1.54) is 11.1 Å². The van der Waals surface area contributed by atoms with Crippen molar-refractivity contribution >= 4 is 6.08 Å². The summed E-state index contributed by atoms with van der Waals surface area (Å²) in [6, 6.07) is 37.7. The third-order valence-electron chi connectivity index (χ3n) is 5.29. The van der Waals surface area contributed by atoms with Crippen LogP contribution in [0, 0.1) is 0 Å². The largest absolute Gasteiger partial charge is 0.473 e. The molecule has 0 fully saturated rings. The van der Waals surface area contributed by atoms with Crippen LogP contribution in [0.3, 0.4) is 0 Å². The van der Waals surface area contributed by atoms with E-state index in [9.17, 15) is 0 Å². The van der Waals surface area contributed by atoms with Gasteiger partial charge in [-0.1, -0.05) is 103 Å². The van der Waals surface area contributed by atoms with Crippen LogP contribution in [-0.4, -0.2) is 0 Å². The number of rotatable bonds is 3. The maximum Gasteiger partial charge on any atom is 0.178 e. The Morgan fingerprint density at radius 1 is 0.536 bits per heavy atom. The first-order chi connectivity index (χ1) is 13.9. The number of benzene rings is 4. The van der Waals surface area contributed by atoms with Gasteiger partial charge in [0.05, 0.1) is 0 Å². The van der Waals surface area contributed by atoms with Crippen LogP contribution in [0.2, 0.25) is 0 Å². The minimum absolute atomic E-state index is 0.621. The molecule has 0 bridgehead atoms. The average molecular weight is 360 g/mol. The zero-order valence-corrected chi connectivity index (χ0v) is 15.5. The van der Waals surface area contributed by atoms with Crippen LogP contribution in [0.15, 0.2) is 115 Å². The predicted molar refractivity (Wildman–Crippen MR) is 115 cm³/mol. The van der Waals surface area contributed by atoms with Gasteiger partial charge in [-0.2, -0.15) is 0 Å². The third kappa shape index (κ3) is 2.82. The molecule has 0 aromatic heterocycles. The zero-order chi connectivity index (χ0) is 18.8. The van der Waals surface area contributed by atoms with E-state index in [1.54, 1.807) is 0 Å². The average Bonchev–Trinajstić information content (AvgIpc) is 2.80. The molecule has 0 unspecified atom stereocenters. The van der Waals surface area contributed by atoms with E-state index in [2.05, 4.69) is 103 Å². The molecule has 0 N–H and O–H groups in total. The molecule has 1 heteroatoms. The Morgan fingerprint density at radius 2 is 1.11 bits per heavy atom. The van der Waals surface area contributed by atoms with Crippen molar-refractivity contribution < 1.29 is 4.74 Å². The fourth-order valence-corrected chi connectivity index (χ4v) is 3.84. The van der Waals surface area contributed by atoms with Crippen molar-refractivity contribution in [1.29, 1.82) is 0 Å². The number of hydrogen-bond donors (Lipinski definition) is 0. The summed E-state index contributed by atoms with van der Waals surface area (Å²) in [6.07, 6.45) is 4.36. The van der Waals surface area contributed by atoms with Gasteiger partial charge in [0.15, 0.2) is 5.60 Å². The molecule has 0 radical (unpaired) electrons. The molecule has 1 heterocycles. The highest BCUT2D eigenvalue weighted by molar-refractivity contribution is 5.72. The minimum atomic E-state index is -0.621. The Balaban J connectivity index is 1.62. The summed E-state index contributed by atoms with van der Waals surface area (Å²) < 4.78 is 6.70. The summed E-state index contributed by atoms with van der Waals surface area (Å²) in [6.45, 7) is 0. The van der Waals surface area contributed by atoms with Crippen LogP contribution in [0.1, 0.15) is 16.7 Å². The lowest BCUT2D eigenvalue weighted by Crippen LogP contribution is -2.34. The summed E-state index contributed by atoms with van der Waals surface area (Å²) in [5.41, 5.74) is 5.12. The second-order valence-electron chi connectivity index (χ2n) is 7.02. The monoisotopic (exact) mass is 360 g/mol. The van der Waals surface area contributed by atoms with Gasteiger partial charge in [0.1, 0.15) is 5.75 Å². The van der Waals surface area contributed by atoms with E-state index in [-0.39, 0.29) is 0 Å². The molecule has 4 aromatic carbocycles. The number of fused-ring (bicyclic) bond motifs is 1. The van der Waals surface area contributed by atoms with E-state index >= 15 is 0 Å². The predicted octanol–water partition coefficient (Wildman–Crippen LogP) is 6.70. The summed E-state index contributed by atoms with van der Waals surface area (Å²) in [5, 5.41) is 0. The van der Waals surface area contributed by atoms with Crippen molar-refractivity contribution in [3.05, 3.63) is 132 Å². The molecular formula is C27H20O. The second-order valence-corrected chi connectivity index (χ2v) is 7.02. The van der Waals surface area contributed by atoms with E-state index in [0.717, 1.165) is 22.4 Å². The van der Waals surface area contributed by atoms with Crippen molar-refractivity contribution in [3.63, 3.8) is 0 Å². The maximum absolute atomic E-state index is 6.70. The van der Waals surface area contributed by atoms with Gasteiger partial charge in [-0.25, -0.2) is 0 Å². The van der Waals surface area contributed by atoms with Crippen molar-refractivity contribution in [3.8, 4) is 16.9 Å². The number of ether oxygens (including phenoxy) is 1. The second kappa shape index (κ2) is 6.86. The van der Waals surface area contributed by atoms with E-state index in [4.69, 9.17) is 4.74 Å². The first-order valence-corrected chi connectivity index (χ1v) is 9.54. The molecule has 28 heavy (non-hydrogen) atoms. The Bertz CT molecular complexity index is 1070. The molecule has 4 aromatic rings. The van der Waals surface area contributed by atoms with Crippen LogP contribution >= 0.6 is 0 Å². The molecule has 1 aliphatic heterocycles. The smallest absolute Gasteiger partial charge is 0.178 e. The van der Waals surface area contributed by atoms with Crippen LogP contribution < -0.4 is 4.74 Å². The lowest BCUT2D eigenvalue weighted by Gasteiger charge is -2.36. The van der Waals surface area contributed by atoms with E-state index in [0.29, 0.717) is 0 Å². The van der Waals surface area contributed by atoms with Crippen LogP contribution in [-0.2, 0) is 5.60 Å². The van der Waals surface area contributed by atoms with Crippen molar-refractivity contribution in [2.75, 3.05) is 0 Å². The van der Waals surface area contributed by atoms with E-state index in [1.807, 2.05) is 18.2 Å². The molecule has 0 amide bonds. The van der Waals surface area contributed by atoms with Crippen LogP contribution in [0.25, 0.3) is 17.2 Å². The van der Waals surface area contributed by atoms with Crippen molar-refractivity contribution in [2.24, 2.45) is 0 Å². The number of hydrogen-bond acceptors (Lipinski definition) is 1.